The van der Waals surface area contributed by atoms with E-state index in [9.17, 15) is 0 Å². The fraction of sp³-hybridized carbons (Fsp3) is 0.333. The van der Waals surface area contributed by atoms with Crippen molar-refractivity contribution >= 4 is 21.8 Å². The first kappa shape index (κ1) is 24.0. The molecule has 0 unspecified atom stereocenters. The standard InChI is InChI=1S/C36H39N/c1-7-35(4,5)27-12-16-30-26(20-27)19-25-18-23(10-14-29(25)30)24-11-15-31-32-17-13-28(36(6,8-2)9-3)22-34(32)37-33(31)21-24/h10-18,20-22,37H,7-9,19H2,1-6H3. The lowest BCUT2D eigenvalue weighted by atomic mass is 9.78. The molecule has 1 aromatic heterocycles. The number of benzene rings is 4. The van der Waals surface area contributed by atoms with Gasteiger partial charge in [0.25, 0.3) is 0 Å². The van der Waals surface area contributed by atoms with E-state index < -0.39 is 0 Å². The average molecular weight is 486 g/mol. The summed E-state index contributed by atoms with van der Waals surface area (Å²) < 4.78 is 0. The Morgan fingerprint density at radius 2 is 1.16 bits per heavy atom. The largest absolute Gasteiger partial charge is 0.354 e. The molecule has 0 amide bonds. The first-order valence-corrected chi connectivity index (χ1v) is 14.1. The smallest absolute Gasteiger partial charge is 0.0471 e. The summed E-state index contributed by atoms with van der Waals surface area (Å²) in [5.74, 6) is 0. The Kier molecular flexibility index (Phi) is 5.60. The first-order chi connectivity index (χ1) is 17.8. The molecule has 1 aliphatic rings. The van der Waals surface area contributed by atoms with Crippen LogP contribution in [0.3, 0.4) is 0 Å². The zero-order valence-corrected chi connectivity index (χ0v) is 23.3. The van der Waals surface area contributed by atoms with E-state index in [1.165, 1.54) is 66.3 Å². The third kappa shape index (κ3) is 3.82. The van der Waals surface area contributed by atoms with E-state index in [1.807, 2.05) is 0 Å². The number of aromatic nitrogens is 1. The molecule has 1 heteroatoms. The highest BCUT2D eigenvalue weighted by Gasteiger charge is 2.25. The van der Waals surface area contributed by atoms with Gasteiger partial charge in [0.15, 0.2) is 0 Å². The van der Waals surface area contributed by atoms with Gasteiger partial charge in [-0.3, -0.25) is 0 Å². The van der Waals surface area contributed by atoms with E-state index in [0.29, 0.717) is 0 Å². The van der Waals surface area contributed by atoms with Crippen LogP contribution in [-0.2, 0) is 17.3 Å². The molecular weight excluding hydrogens is 446 g/mol. The van der Waals surface area contributed by atoms with Gasteiger partial charge in [-0.25, -0.2) is 0 Å². The van der Waals surface area contributed by atoms with Crippen LogP contribution < -0.4 is 0 Å². The van der Waals surface area contributed by atoms with Crippen molar-refractivity contribution in [2.24, 2.45) is 0 Å². The van der Waals surface area contributed by atoms with Gasteiger partial charge in [0.05, 0.1) is 0 Å². The summed E-state index contributed by atoms with van der Waals surface area (Å²) in [6.07, 6.45) is 4.48. The highest BCUT2D eigenvalue weighted by molar-refractivity contribution is 6.08. The molecule has 0 aliphatic heterocycles. The zero-order valence-electron chi connectivity index (χ0n) is 23.3. The Balaban J connectivity index is 1.36. The third-order valence-corrected chi connectivity index (χ3v) is 9.74. The van der Waals surface area contributed by atoms with Crippen LogP contribution >= 0.6 is 0 Å². The number of fused-ring (bicyclic) bond motifs is 6. The summed E-state index contributed by atoms with van der Waals surface area (Å²) in [4.78, 5) is 3.74. The minimum absolute atomic E-state index is 0.219. The molecule has 0 bridgehead atoms. The molecule has 5 aromatic rings. The highest BCUT2D eigenvalue weighted by Crippen LogP contribution is 2.42. The molecule has 1 nitrogen and oxygen atoms in total. The van der Waals surface area contributed by atoms with Gasteiger partial charge in [0.1, 0.15) is 0 Å². The summed E-state index contributed by atoms with van der Waals surface area (Å²) in [5, 5.41) is 2.62. The van der Waals surface area contributed by atoms with E-state index in [1.54, 1.807) is 0 Å². The monoisotopic (exact) mass is 485 g/mol. The summed E-state index contributed by atoms with van der Waals surface area (Å²) in [6, 6.07) is 28.1. The van der Waals surface area contributed by atoms with Gasteiger partial charge in [-0.05, 0) is 93.2 Å². The summed E-state index contributed by atoms with van der Waals surface area (Å²) >= 11 is 0. The van der Waals surface area contributed by atoms with Crippen LogP contribution in [0.15, 0.2) is 72.8 Å². The Morgan fingerprint density at radius 3 is 1.86 bits per heavy atom. The van der Waals surface area contributed by atoms with Gasteiger partial charge in [-0.2, -0.15) is 0 Å². The average Bonchev–Trinajstić information content (AvgIpc) is 3.48. The van der Waals surface area contributed by atoms with Crippen LogP contribution in [0.5, 0.6) is 0 Å². The van der Waals surface area contributed by atoms with Crippen molar-refractivity contribution in [1.82, 2.24) is 4.98 Å². The van der Waals surface area contributed by atoms with Crippen LogP contribution in [-0.4, -0.2) is 4.98 Å². The summed E-state index contributed by atoms with van der Waals surface area (Å²) in [6.45, 7) is 14.0. The van der Waals surface area contributed by atoms with Crippen LogP contribution in [0.4, 0.5) is 0 Å². The number of rotatable bonds is 6. The van der Waals surface area contributed by atoms with E-state index in [-0.39, 0.29) is 10.8 Å². The molecule has 188 valence electrons. The lowest BCUT2D eigenvalue weighted by Crippen LogP contribution is -2.19. The molecule has 0 fully saturated rings. The maximum Gasteiger partial charge on any atom is 0.0471 e. The molecule has 6 rings (SSSR count). The molecule has 1 N–H and O–H groups in total. The van der Waals surface area contributed by atoms with Crippen molar-refractivity contribution in [2.45, 2.75) is 78.1 Å². The highest BCUT2D eigenvalue weighted by atomic mass is 14.7. The molecule has 37 heavy (non-hydrogen) atoms. The number of hydrogen-bond acceptors (Lipinski definition) is 0. The summed E-state index contributed by atoms with van der Waals surface area (Å²) in [7, 11) is 0. The van der Waals surface area contributed by atoms with Crippen LogP contribution in [0.1, 0.15) is 83.1 Å². The van der Waals surface area contributed by atoms with Gasteiger partial charge in [0.2, 0.25) is 0 Å². The predicted octanol–water partition coefficient (Wildman–Crippen LogP) is 10.3. The van der Waals surface area contributed by atoms with Crippen molar-refractivity contribution in [3.05, 3.63) is 95.1 Å². The van der Waals surface area contributed by atoms with E-state index >= 15 is 0 Å². The van der Waals surface area contributed by atoms with Gasteiger partial charge >= 0.3 is 0 Å². The number of nitrogens with one attached hydrogen (secondary N) is 1. The molecule has 0 spiro atoms. The van der Waals surface area contributed by atoms with Crippen LogP contribution in [0, 0.1) is 0 Å². The minimum atomic E-state index is 0.219. The van der Waals surface area contributed by atoms with Crippen LogP contribution in [0.2, 0.25) is 0 Å². The predicted molar refractivity (Wildman–Crippen MR) is 161 cm³/mol. The maximum absolute atomic E-state index is 3.74. The van der Waals surface area contributed by atoms with Crippen molar-refractivity contribution in [2.75, 3.05) is 0 Å². The van der Waals surface area contributed by atoms with Gasteiger partial charge < -0.3 is 4.98 Å². The Labute approximate surface area is 221 Å². The Bertz CT molecular complexity index is 1640. The molecule has 0 saturated heterocycles. The topological polar surface area (TPSA) is 15.8 Å². The third-order valence-electron chi connectivity index (χ3n) is 9.74. The number of H-pyrrole nitrogens is 1. The Hall–Kier alpha value is -3.32. The van der Waals surface area contributed by atoms with Crippen molar-refractivity contribution in [3.8, 4) is 22.3 Å². The molecular formula is C36H39N. The maximum atomic E-state index is 3.74. The normalized spacial score (nSPS) is 13.4. The lowest BCUT2D eigenvalue weighted by Gasteiger charge is -2.27. The second-order valence-corrected chi connectivity index (χ2v) is 12.1. The minimum Gasteiger partial charge on any atom is -0.354 e. The van der Waals surface area contributed by atoms with Gasteiger partial charge in [-0.15, -0.1) is 0 Å². The zero-order chi connectivity index (χ0) is 25.9. The molecule has 1 heterocycles. The molecule has 4 aromatic carbocycles. The second-order valence-electron chi connectivity index (χ2n) is 12.1. The Morgan fingerprint density at radius 1 is 0.595 bits per heavy atom. The van der Waals surface area contributed by atoms with Gasteiger partial charge in [0, 0.05) is 21.8 Å². The first-order valence-electron chi connectivity index (χ1n) is 14.1. The van der Waals surface area contributed by atoms with Crippen LogP contribution in [0.25, 0.3) is 44.1 Å². The molecule has 0 saturated carbocycles. The molecule has 0 radical (unpaired) electrons. The summed E-state index contributed by atoms with van der Waals surface area (Å²) in [5.41, 5.74) is 14.1. The van der Waals surface area contributed by atoms with Crippen molar-refractivity contribution in [3.63, 3.8) is 0 Å². The van der Waals surface area contributed by atoms with E-state index in [4.69, 9.17) is 0 Å². The van der Waals surface area contributed by atoms with Crippen molar-refractivity contribution < 1.29 is 0 Å². The fourth-order valence-corrected chi connectivity index (χ4v) is 6.14. The van der Waals surface area contributed by atoms with E-state index in [2.05, 4.69) is 119 Å². The quantitative estimate of drug-likeness (QED) is 0.241. The molecule has 0 atom stereocenters. The van der Waals surface area contributed by atoms with E-state index in [0.717, 1.165) is 25.7 Å². The van der Waals surface area contributed by atoms with Gasteiger partial charge in [-0.1, -0.05) is 102 Å². The van der Waals surface area contributed by atoms with Crippen molar-refractivity contribution in [1.29, 1.82) is 0 Å². The molecule has 1 aliphatic carbocycles. The SMILES string of the molecule is CCC(C)(C)c1ccc2c(c1)Cc1cc(-c3ccc4c(c3)[nH]c3cc(C(C)(CC)CC)ccc34)ccc1-2. The number of hydrogen-bond donors (Lipinski definition) is 1. The number of aromatic amines is 1. The fourth-order valence-electron chi connectivity index (χ4n) is 6.14. The lowest BCUT2D eigenvalue weighted by molar-refractivity contribution is 0.439. The second kappa shape index (κ2) is 8.62.